The standard InChI is InChI=1S/C31H22ClF5N4O3/c32-22-10-15(14-38)3-7-20(22)21-8-6-17(19-2-1-9-39-27(19)21)11-25(30(43)44)41-29(42)26-23(33)12-18(13-24(26)34)40-28(16-4-5-16)31(35,36)37/h1-3,6-10,12-13,16,25,28,40H,4-5,11H2,(H,41,42)(H,43,44)/t25-,28-/m0/s1. The number of anilines is 1. The lowest BCUT2D eigenvalue weighted by molar-refractivity contribution is -0.146. The molecular formula is C31H22ClF5N4O3. The van der Waals surface area contributed by atoms with Crippen molar-refractivity contribution in [3.8, 4) is 17.2 Å². The van der Waals surface area contributed by atoms with Gasteiger partial charge in [-0.05, 0) is 54.7 Å². The van der Waals surface area contributed by atoms with Gasteiger partial charge >= 0.3 is 12.1 Å². The van der Waals surface area contributed by atoms with Gasteiger partial charge in [0.2, 0.25) is 0 Å². The topological polar surface area (TPSA) is 115 Å². The summed E-state index contributed by atoms with van der Waals surface area (Å²) in [6.45, 7) is 0. The van der Waals surface area contributed by atoms with Crippen LogP contribution in [0.15, 0.2) is 60.8 Å². The molecule has 0 saturated heterocycles. The molecule has 0 spiro atoms. The molecule has 0 radical (unpaired) electrons. The van der Waals surface area contributed by atoms with Gasteiger partial charge in [0.15, 0.2) is 0 Å². The van der Waals surface area contributed by atoms with Crippen LogP contribution in [0.4, 0.5) is 27.6 Å². The summed E-state index contributed by atoms with van der Waals surface area (Å²) in [5.41, 5.74) is 0.795. The van der Waals surface area contributed by atoms with E-state index in [0.29, 0.717) is 63.2 Å². The predicted octanol–water partition coefficient (Wildman–Crippen LogP) is 6.88. The average molecular weight is 629 g/mol. The normalized spacial score (nSPS) is 14.5. The molecule has 13 heteroatoms. The van der Waals surface area contributed by atoms with E-state index in [2.05, 4.69) is 15.6 Å². The molecule has 0 bridgehead atoms. The summed E-state index contributed by atoms with van der Waals surface area (Å²) in [5.74, 6) is -6.52. The summed E-state index contributed by atoms with van der Waals surface area (Å²) in [5, 5.41) is 24.0. The second-order valence-corrected chi connectivity index (χ2v) is 10.8. The van der Waals surface area contributed by atoms with Crippen LogP contribution in [0.3, 0.4) is 0 Å². The van der Waals surface area contributed by atoms with Gasteiger partial charge in [-0.1, -0.05) is 35.9 Å². The minimum Gasteiger partial charge on any atom is -0.480 e. The maximum absolute atomic E-state index is 14.9. The van der Waals surface area contributed by atoms with Crippen LogP contribution >= 0.6 is 11.6 Å². The molecule has 2 atom stereocenters. The minimum atomic E-state index is -4.65. The summed E-state index contributed by atoms with van der Waals surface area (Å²) in [4.78, 5) is 29.4. The first-order chi connectivity index (χ1) is 20.9. The van der Waals surface area contributed by atoms with Gasteiger partial charge in [0, 0.05) is 39.8 Å². The maximum Gasteiger partial charge on any atom is 0.408 e. The van der Waals surface area contributed by atoms with E-state index >= 15 is 0 Å². The number of carbonyl (C=O) groups excluding carboxylic acids is 1. The number of carboxylic acids is 1. The Labute approximate surface area is 252 Å². The minimum absolute atomic E-state index is 0.297. The molecular weight excluding hydrogens is 607 g/mol. The number of aromatic nitrogens is 1. The number of halogens is 6. The zero-order valence-electron chi connectivity index (χ0n) is 22.6. The molecule has 7 nitrogen and oxygen atoms in total. The van der Waals surface area contributed by atoms with E-state index in [9.17, 15) is 36.6 Å². The second kappa shape index (κ2) is 12.1. The van der Waals surface area contributed by atoms with Crippen molar-refractivity contribution < 1.29 is 36.6 Å². The first-order valence-electron chi connectivity index (χ1n) is 13.3. The van der Waals surface area contributed by atoms with Crippen molar-refractivity contribution in [1.29, 1.82) is 5.26 Å². The van der Waals surface area contributed by atoms with Crippen molar-refractivity contribution in [1.82, 2.24) is 10.3 Å². The molecule has 1 fully saturated rings. The number of amides is 1. The Morgan fingerprint density at radius 1 is 1.07 bits per heavy atom. The molecule has 1 heterocycles. The lowest BCUT2D eigenvalue weighted by atomic mass is 9.94. The SMILES string of the molecule is N#Cc1ccc(-c2ccc(C[C@H](NC(=O)c3c(F)cc(N[C@@H](C4CC4)C(F)(F)F)cc3F)C(=O)O)c3cccnc23)c(Cl)c1. The highest BCUT2D eigenvalue weighted by Gasteiger charge is 2.49. The number of nitrogens with zero attached hydrogens (tertiary/aromatic N) is 2. The Bertz CT molecular complexity index is 1800. The summed E-state index contributed by atoms with van der Waals surface area (Å²) >= 11 is 6.40. The number of rotatable bonds is 9. The van der Waals surface area contributed by atoms with E-state index in [1.165, 1.54) is 12.3 Å². The Morgan fingerprint density at radius 3 is 2.34 bits per heavy atom. The van der Waals surface area contributed by atoms with E-state index in [1.54, 1.807) is 36.4 Å². The Morgan fingerprint density at radius 2 is 1.75 bits per heavy atom. The number of nitrogens with one attached hydrogen (secondary N) is 2. The van der Waals surface area contributed by atoms with Crippen molar-refractivity contribution in [2.24, 2.45) is 5.92 Å². The van der Waals surface area contributed by atoms with Gasteiger partial charge in [0.05, 0.1) is 17.1 Å². The van der Waals surface area contributed by atoms with Gasteiger partial charge in [-0.2, -0.15) is 18.4 Å². The number of aliphatic carboxylic acids is 1. The fourth-order valence-electron chi connectivity index (χ4n) is 5.03. The highest BCUT2D eigenvalue weighted by molar-refractivity contribution is 6.33. The number of nitriles is 1. The zero-order chi connectivity index (χ0) is 31.8. The molecule has 1 amide bonds. The van der Waals surface area contributed by atoms with E-state index in [-0.39, 0.29) is 6.42 Å². The lowest BCUT2D eigenvalue weighted by Crippen LogP contribution is -2.43. The fourth-order valence-corrected chi connectivity index (χ4v) is 5.31. The highest BCUT2D eigenvalue weighted by atomic mass is 35.5. The molecule has 3 N–H and O–H groups in total. The van der Waals surface area contributed by atoms with E-state index in [0.717, 1.165) is 0 Å². The van der Waals surface area contributed by atoms with E-state index in [4.69, 9.17) is 16.9 Å². The highest BCUT2D eigenvalue weighted by Crippen LogP contribution is 2.42. The third-order valence-corrected chi connectivity index (χ3v) is 7.63. The molecule has 1 aliphatic rings. The number of fused-ring (bicyclic) bond motifs is 1. The van der Waals surface area contributed by atoms with Gasteiger partial charge in [-0.3, -0.25) is 9.78 Å². The molecule has 1 saturated carbocycles. The van der Waals surface area contributed by atoms with Gasteiger partial charge in [-0.25, -0.2) is 13.6 Å². The van der Waals surface area contributed by atoms with Crippen LogP contribution < -0.4 is 10.6 Å². The Balaban J connectivity index is 1.40. The zero-order valence-corrected chi connectivity index (χ0v) is 23.3. The van der Waals surface area contributed by atoms with Crippen molar-refractivity contribution in [3.63, 3.8) is 0 Å². The van der Waals surface area contributed by atoms with Gasteiger partial charge < -0.3 is 15.7 Å². The predicted molar refractivity (Wildman–Crippen MR) is 152 cm³/mol. The summed E-state index contributed by atoms with van der Waals surface area (Å²) in [6.07, 6.45) is -2.80. The molecule has 1 aliphatic carbocycles. The van der Waals surface area contributed by atoms with E-state index in [1.807, 2.05) is 6.07 Å². The number of carbonyl (C=O) groups is 2. The molecule has 44 heavy (non-hydrogen) atoms. The molecule has 0 aliphatic heterocycles. The molecule has 4 aromatic rings. The third kappa shape index (κ3) is 6.43. The van der Waals surface area contributed by atoms with Crippen LogP contribution in [0, 0.1) is 28.9 Å². The second-order valence-electron chi connectivity index (χ2n) is 10.4. The van der Waals surface area contributed by atoms with Crippen LogP contribution in [-0.4, -0.2) is 40.2 Å². The quantitative estimate of drug-likeness (QED) is 0.174. The molecule has 1 aromatic heterocycles. The van der Waals surface area contributed by atoms with Crippen molar-refractivity contribution >= 4 is 40.1 Å². The van der Waals surface area contributed by atoms with Crippen LogP contribution in [0.5, 0.6) is 0 Å². The fraction of sp³-hybridized carbons (Fsp3) is 0.226. The van der Waals surface area contributed by atoms with Crippen molar-refractivity contribution in [3.05, 3.63) is 94.1 Å². The Hall–Kier alpha value is -4.76. The summed E-state index contributed by atoms with van der Waals surface area (Å²) in [6, 6.07) is 10.8. The number of benzene rings is 3. The van der Waals surface area contributed by atoms with Gasteiger partial charge in [-0.15, -0.1) is 0 Å². The van der Waals surface area contributed by atoms with Crippen LogP contribution in [0.2, 0.25) is 5.02 Å². The monoisotopic (exact) mass is 628 g/mol. The first-order valence-corrected chi connectivity index (χ1v) is 13.7. The summed E-state index contributed by atoms with van der Waals surface area (Å²) < 4.78 is 69.9. The molecule has 3 aromatic carbocycles. The number of alkyl halides is 3. The first kappa shape index (κ1) is 30.7. The van der Waals surface area contributed by atoms with Gasteiger partial charge in [0.1, 0.15) is 29.3 Å². The number of pyridine rings is 1. The molecule has 0 unspecified atom stereocenters. The van der Waals surface area contributed by atoms with Crippen LogP contribution in [0.1, 0.15) is 34.3 Å². The van der Waals surface area contributed by atoms with Crippen molar-refractivity contribution in [2.45, 2.75) is 37.5 Å². The molecule has 226 valence electrons. The smallest absolute Gasteiger partial charge is 0.408 e. The number of hydrogen-bond donors (Lipinski definition) is 3. The maximum atomic E-state index is 14.9. The number of carboxylic acid groups (broad SMARTS) is 1. The molecule has 5 rings (SSSR count). The van der Waals surface area contributed by atoms with Gasteiger partial charge in [0.25, 0.3) is 5.91 Å². The van der Waals surface area contributed by atoms with Crippen molar-refractivity contribution in [2.75, 3.05) is 5.32 Å². The largest absolute Gasteiger partial charge is 0.480 e. The van der Waals surface area contributed by atoms with Crippen LogP contribution in [0.25, 0.3) is 22.0 Å². The third-order valence-electron chi connectivity index (χ3n) is 7.31. The number of hydrogen-bond acceptors (Lipinski definition) is 5. The average Bonchev–Trinajstić information content (AvgIpc) is 3.80. The lowest BCUT2D eigenvalue weighted by Gasteiger charge is -2.23. The van der Waals surface area contributed by atoms with E-state index < -0.39 is 58.9 Å². The Kier molecular flexibility index (Phi) is 8.43. The van der Waals surface area contributed by atoms with Crippen LogP contribution in [-0.2, 0) is 11.2 Å². The summed E-state index contributed by atoms with van der Waals surface area (Å²) in [7, 11) is 0.